The summed E-state index contributed by atoms with van der Waals surface area (Å²) < 4.78 is 39.1. The number of rotatable bonds is 3. The maximum Gasteiger partial charge on any atom is 0.416 e. The standard InChI is InChI=1S/C23H26ClF3N2O2/c24-20-6-4-17(5-7-20)21(30)8-12-28(13-9-21)29-14-10-22(31,11-15-29)18-2-1-3-19(16-18)23(25,26)27/h1-7,16,30-31H,8-15H2. The summed E-state index contributed by atoms with van der Waals surface area (Å²) in [6, 6.07) is 12.3. The fourth-order valence-electron chi connectivity index (χ4n) is 4.62. The molecule has 4 rings (SSSR count). The lowest BCUT2D eigenvalue weighted by atomic mass is 9.83. The Morgan fingerprint density at radius 3 is 1.71 bits per heavy atom. The van der Waals surface area contributed by atoms with E-state index in [-0.39, 0.29) is 0 Å². The molecule has 0 atom stereocenters. The molecule has 2 fully saturated rings. The highest BCUT2D eigenvalue weighted by Crippen LogP contribution is 2.38. The summed E-state index contributed by atoms with van der Waals surface area (Å²) in [6.07, 6.45) is -2.58. The van der Waals surface area contributed by atoms with Gasteiger partial charge in [0.2, 0.25) is 0 Å². The number of alkyl halides is 3. The van der Waals surface area contributed by atoms with Gasteiger partial charge in [-0.25, -0.2) is 10.0 Å². The Labute approximate surface area is 184 Å². The Morgan fingerprint density at radius 2 is 1.23 bits per heavy atom. The lowest BCUT2D eigenvalue weighted by Gasteiger charge is -2.47. The molecule has 2 aromatic carbocycles. The van der Waals surface area contributed by atoms with Crippen LogP contribution in [0.4, 0.5) is 13.2 Å². The SMILES string of the molecule is OC1(c2ccc(Cl)cc2)CCN(N2CCC(O)(c3cccc(C(F)(F)F)c3)CC2)CC1. The first-order valence-corrected chi connectivity index (χ1v) is 10.9. The van der Waals surface area contributed by atoms with Gasteiger partial charge in [0.05, 0.1) is 16.8 Å². The third-order valence-electron chi connectivity index (χ3n) is 6.64. The van der Waals surface area contributed by atoms with E-state index in [9.17, 15) is 23.4 Å². The molecule has 0 amide bonds. The van der Waals surface area contributed by atoms with Crippen molar-refractivity contribution in [2.24, 2.45) is 0 Å². The second kappa shape index (κ2) is 8.37. The summed E-state index contributed by atoms with van der Waals surface area (Å²) in [4.78, 5) is 0. The predicted octanol–water partition coefficient (Wildman–Crippen LogP) is 4.54. The van der Waals surface area contributed by atoms with Crippen LogP contribution < -0.4 is 0 Å². The van der Waals surface area contributed by atoms with Crippen LogP contribution in [0, 0.1) is 0 Å². The molecule has 2 aliphatic rings. The Morgan fingerprint density at radius 1 is 0.742 bits per heavy atom. The number of benzene rings is 2. The van der Waals surface area contributed by atoms with Crippen LogP contribution in [0.1, 0.15) is 42.4 Å². The van der Waals surface area contributed by atoms with Gasteiger partial charge in [-0.05, 0) is 61.1 Å². The van der Waals surface area contributed by atoms with Gasteiger partial charge in [-0.3, -0.25) is 0 Å². The van der Waals surface area contributed by atoms with Gasteiger partial charge in [0.25, 0.3) is 0 Å². The van der Waals surface area contributed by atoms with Gasteiger partial charge < -0.3 is 10.2 Å². The first-order valence-electron chi connectivity index (χ1n) is 10.5. The molecule has 0 saturated carbocycles. The van der Waals surface area contributed by atoms with E-state index in [1.165, 1.54) is 6.07 Å². The summed E-state index contributed by atoms with van der Waals surface area (Å²) in [6.45, 7) is 2.43. The molecule has 2 N–H and O–H groups in total. The van der Waals surface area contributed by atoms with E-state index in [2.05, 4.69) is 10.0 Å². The third-order valence-corrected chi connectivity index (χ3v) is 6.89. The summed E-state index contributed by atoms with van der Waals surface area (Å²) in [5.41, 5.74) is -1.72. The van der Waals surface area contributed by atoms with Crippen molar-refractivity contribution in [2.45, 2.75) is 43.1 Å². The molecule has 0 aliphatic carbocycles. The molecule has 0 radical (unpaired) electrons. The number of hydrogen-bond donors (Lipinski definition) is 2. The summed E-state index contributed by atoms with van der Waals surface area (Å²) >= 11 is 5.95. The van der Waals surface area contributed by atoms with Crippen LogP contribution in [-0.4, -0.2) is 46.4 Å². The fraction of sp³-hybridized carbons (Fsp3) is 0.478. The quantitative estimate of drug-likeness (QED) is 0.714. The maximum atomic E-state index is 13.0. The highest BCUT2D eigenvalue weighted by atomic mass is 35.5. The van der Waals surface area contributed by atoms with Gasteiger partial charge in [0.15, 0.2) is 0 Å². The average Bonchev–Trinajstić information content (AvgIpc) is 2.75. The molecule has 31 heavy (non-hydrogen) atoms. The van der Waals surface area contributed by atoms with Crippen molar-refractivity contribution in [1.29, 1.82) is 0 Å². The number of hydrazine groups is 1. The minimum Gasteiger partial charge on any atom is -0.385 e. The second-order valence-corrected chi connectivity index (χ2v) is 8.99. The molecule has 0 aromatic heterocycles. The number of halogens is 4. The number of hydrogen-bond acceptors (Lipinski definition) is 4. The van der Waals surface area contributed by atoms with Crippen molar-refractivity contribution >= 4 is 11.6 Å². The molecule has 4 nitrogen and oxygen atoms in total. The smallest absolute Gasteiger partial charge is 0.385 e. The molecular weight excluding hydrogens is 429 g/mol. The van der Waals surface area contributed by atoms with E-state index in [1.807, 2.05) is 12.1 Å². The monoisotopic (exact) mass is 454 g/mol. The molecular formula is C23H26ClF3N2O2. The predicted molar refractivity (Wildman–Crippen MR) is 112 cm³/mol. The van der Waals surface area contributed by atoms with Crippen molar-refractivity contribution in [3.63, 3.8) is 0 Å². The topological polar surface area (TPSA) is 46.9 Å². The fourth-order valence-corrected chi connectivity index (χ4v) is 4.74. The minimum atomic E-state index is -4.43. The van der Waals surface area contributed by atoms with Crippen LogP contribution in [0.3, 0.4) is 0 Å². The van der Waals surface area contributed by atoms with Crippen LogP contribution in [0.15, 0.2) is 48.5 Å². The van der Waals surface area contributed by atoms with Gasteiger partial charge in [0.1, 0.15) is 0 Å². The van der Waals surface area contributed by atoms with Gasteiger partial charge in [0, 0.05) is 31.2 Å². The molecule has 8 heteroatoms. The maximum absolute atomic E-state index is 13.0. The molecule has 2 aliphatic heterocycles. The van der Waals surface area contributed by atoms with Gasteiger partial charge >= 0.3 is 6.18 Å². The first kappa shape index (κ1) is 22.6. The Hall–Kier alpha value is -1.64. The van der Waals surface area contributed by atoms with E-state index in [0.29, 0.717) is 62.4 Å². The molecule has 0 unspecified atom stereocenters. The highest BCUT2D eigenvalue weighted by Gasteiger charge is 2.40. The third kappa shape index (κ3) is 4.76. The van der Waals surface area contributed by atoms with Crippen molar-refractivity contribution in [2.75, 3.05) is 26.2 Å². The minimum absolute atomic E-state index is 0.317. The summed E-state index contributed by atoms with van der Waals surface area (Å²) in [5, 5.41) is 27.0. The van der Waals surface area contributed by atoms with E-state index >= 15 is 0 Å². The van der Waals surface area contributed by atoms with Crippen LogP contribution in [0.25, 0.3) is 0 Å². The van der Waals surface area contributed by atoms with Crippen molar-refractivity contribution < 1.29 is 23.4 Å². The van der Waals surface area contributed by atoms with E-state index < -0.39 is 22.9 Å². The summed E-state index contributed by atoms with van der Waals surface area (Å²) in [7, 11) is 0. The number of nitrogens with zero attached hydrogens (tertiary/aromatic N) is 2. The van der Waals surface area contributed by atoms with E-state index in [4.69, 9.17) is 11.6 Å². The lowest BCUT2D eigenvalue weighted by Crippen LogP contribution is -2.55. The van der Waals surface area contributed by atoms with Gasteiger partial charge in [-0.2, -0.15) is 13.2 Å². The molecule has 2 aromatic rings. The molecule has 168 valence electrons. The molecule has 0 spiro atoms. The van der Waals surface area contributed by atoms with Crippen LogP contribution in [-0.2, 0) is 17.4 Å². The van der Waals surface area contributed by atoms with Gasteiger partial charge in [-0.15, -0.1) is 0 Å². The van der Waals surface area contributed by atoms with Crippen molar-refractivity contribution in [3.8, 4) is 0 Å². The largest absolute Gasteiger partial charge is 0.416 e. The van der Waals surface area contributed by atoms with Crippen molar-refractivity contribution in [3.05, 3.63) is 70.2 Å². The number of piperidine rings is 2. The van der Waals surface area contributed by atoms with Crippen LogP contribution in [0.5, 0.6) is 0 Å². The molecule has 2 heterocycles. The molecule has 0 bridgehead atoms. The Bertz CT molecular complexity index is 904. The summed E-state index contributed by atoms with van der Waals surface area (Å²) in [5.74, 6) is 0. The second-order valence-electron chi connectivity index (χ2n) is 8.56. The first-order chi connectivity index (χ1) is 14.6. The number of aliphatic hydroxyl groups is 2. The highest BCUT2D eigenvalue weighted by molar-refractivity contribution is 6.30. The zero-order valence-corrected chi connectivity index (χ0v) is 17.8. The lowest BCUT2D eigenvalue weighted by molar-refractivity contribution is -0.140. The zero-order chi connectivity index (χ0) is 22.3. The average molecular weight is 455 g/mol. The van der Waals surface area contributed by atoms with Crippen molar-refractivity contribution in [1.82, 2.24) is 10.0 Å². The van der Waals surface area contributed by atoms with Gasteiger partial charge in [-0.1, -0.05) is 35.9 Å². The van der Waals surface area contributed by atoms with Crippen LogP contribution in [0.2, 0.25) is 5.02 Å². The zero-order valence-electron chi connectivity index (χ0n) is 17.1. The van der Waals surface area contributed by atoms with Crippen LogP contribution >= 0.6 is 11.6 Å². The van der Waals surface area contributed by atoms with E-state index in [1.54, 1.807) is 18.2 Å². The Kier molecular flexibility index (Phi) is 6.09. The van der Waals surface area contributed by atoms with E-state index in [0.717, 1.165) is 17.7 Å². The molecule has 2 saturated heterocycles. The Balaban J connectivity index is 1.37. The normalized spacial score (nSPS) is 22.4.